The molecule has 0 saturated heterocycles. The van der Waals surface area contributed by atoms with Gasteiger partial charge in [0, 0.05) is 32.4 Å². The summed E-state index contributed by atoms with van der Waals surface area (Å²) in [5.74, 6) is -3.16. The molecule has 0 aliphatic heterocycles. The molecule has 0 aliphatic rings. The van der Waals surface area contributed by atoms with Gasteiger partial charge in [0.15, 0.2) is 11.6 Å². The van der Waals surface area contributed by atoms with E-state index in [2.05, 4.69) is 37.6 Å². The molecule has 0 bridgehead atoms. The molecule has 0 spiro atoms. The Balaban J connectivity index is -0.000000161. The van der Waals surface area contributed by atoms with Crippen LogP contribution in [0, 0.1) is 21.7 Å². The van der Waals surface area contributed by atoms with Gasteiger partial charge >= 0.3 is 23.5 Å². The monoisotopic (exact) mass is 906 g/mol. The Morgan fingerprint density at radius 2 is 0.883 bits per heavy atom. The third-order valence-electron chi connectivity index (χ3n) is 6.90. The van der Waals surface area contributed by atoms with Crippen molar-refractivity contribution >= 4 is 76.8 Å². The first kappa shape index (κ1) is 67.7. The summed E-state index contributed by atoms with van der Waals surface area (Å²) in [5, 5.41) is 27.1. The lowest BCUT2D eigenvalue weighted by Crippen LogP contribution is -2.51. The molecule has 0 radical (unpaired) electrons. The lowest BCUT2D eigenvalue weighted by molar-refractivity contribution is -0.144. The minimum Gasteiger partial charge on any atom is -0.480 e. The molecular weight excluding hydrogens is 831 g/mol. The van der Waals surface area contributed by atoms with Crippen LogP contribution < -0.4 is 32.7 Å². The van der Waals surface area contributed by atoms with Crippen LogP contribution in [0.1, 0.15) is 125 Å². The molecule has 4 amide bonds. The van der Waals surface area contributed by atoms with Gasteiger partial charge in [-0.05, 0) is 42.4 Å². The molecule has 60 heavy (non-hydrogen) atoms. The molecule has 10 N–H and O–H groups in total. The lowest BCUT2D eigenvalue weighted by Gasteiger charge is -2.30. The maximum atomic E-state index is 12.1. The highest BCUT2D eigenvalue weighted by atomic mass is 35.5. The number of carboxylic acid groups (broad SMARTS) is 2. The van der Waals surface area contributed by atoms with Crippen LogP contribution in [0.25, 0.3) is 0 Å². The first-order chi connectivity index (χ1) is 26.0. The van der Waals surface area contributed by atoms with Crippen LogP contribution >= 0.6 is 24.0 Å². The van der Waals surface area contributed by atoms with Gasteiger partial charge in [0.2, 0.25) is 17.7 Å². The van der Waals surface area contributed by atoms with E-state index in [0.717, 1.165) is 0 Å². The minimum atomic E-state index is -1.00. The first-order valence-corrected chi connectivity index (χ1v) is 18.8. The molecule has 21 heteroatoms. The fourth-order valence-electron chi connectivity index (χ4n) is 3.88. The summed E-state index contributed by atoms with van der Waals surface area (Å²) >= 11 is 4.60. The second-order valence-corrected chi connectivity index (χ2v) is 18.8. The zero-order valence-electron chi connectivity index (χ0n) is 39.0. The van der Waals surface area contributed by atoms with E-state index in [1.54, 1.807) is 62.3 Å². The largest absolute Gasteiger partial charge is 0.480 e. The Hall–Kier alpha value is -4.07. The number of carboxylic acids is 2. The number of ether oxygens (including phenoxy) is 2. The maximum absolute atomic E-state index is 12.1. The van der Waals surface area contributed by atoms with Crippen molar-refractivity contribution < 1.29 is 62.8 Å². The Labute approximate surface area is 367 Å². The van der Waals surface area contributed by atoms with E-state index < -0.39 is 64.1 Å². The summed E-state index contributed by atoms with van der Waals surface area (Å²) < 4.78 is 8.92. The van der Waals surface area contributed by atoms with Crippen LogP contribution in [0.2, 0.25) is 0 Å². The number of ketones is 2. The number of nitrogens with two attached hydrogens (primary N) is 2. The molecule has 354 valence electrons. The van der Waals surface area contributed by atoms with Gasteiger partial charge in [-0.3, -0.25) is 28.8 Å². The van der Waals surface area contributed by atoms with Gasteiger partial charge in [0.25, 0.3) is 0 Å². The van der Waals surface area contributed by atoms with E-state index in [0.29, 0.717) is 0 Å². The van der Waals surface area contributed by atoms with Crippen LogP contribution in [-0.2, 0) is 43.0 Å². The highest BCUT2D eigenvalue weighted by molar-refractivity contribution is 6.61. The molecule has 0 fully saturated rings. The Morgan fingerprint density at radius 1 is 0.583 bits per heavy atom. The van der Waals surface area contributed by atoms with Gasteiger partial charge in [-0.1, -0.05) is 83.1 Å². The molecule has 19 nitrogen and oxygen atoms in total. The van der Waals surface area contributed by atoms with Gasteiger partial charge in [-0.2, -0.15) is 0 Å². The van der Waals surface area contributed by atoms with Gasteiger partial charge < -0.3 is 52.4 Å². The van der Waals surface area contributed by atoms with Gasteiger partial charge in [-0.25, -0.2) is 14.4 Å². The predicted octanol–water partition coefficient (Wildman–Crippen LogP) is 4.18. The smallest absolute Gasteiger partial charge is 0.408 e. The number of nitrogens with one attached hydrogen (secondary N) is 4. The number of Topliss-reactive ketones (excluding diaryl/α,β-unsaturated/α-hetero) is 2. The van der Waals surface area contributed by atoms with Crippen molar-refractivity contribution in [3.63, 3.8) is 0 Å². The highest BCUT2D eigenvalue weighted by Gasteiger charge is 2.33. The zero-order valence-corrected chi connectivity index (χ0v) is 40.6. The fourth-order valence-corrected chi connectivity index (χ4v) is 3.88. The van der Waals surface area contributed by atoms with E-state index >= 15 is 0 Å². The van der Waals surface area contributed by atoms with E-state index in [9.17, 15) is 43.2 Å². The van der Waals surface area contributed by atoms with Crippen molar-refractivity contribution in [3.8, 4) is 0 Å². The third kappa shape index (κ3) is 39.4. The number of amides is 4. The molecule has 0 saturated carbocycles. The number of rotatable bonds is 10. The maximum Gasteiger partial charge on any atom is 0.408 e. The quantitative estimate of drug-likeness (QED) is 0.143. The lowest BCUT2D eigenvalue weighted by atomic mass is 9.84. The average Bonchev–Trinajstić information content (AvgIpc) is 3.01. The summed E-state index contributed by atoms with van der Waals surface area (Å²) in [4.78, 5) is 97.8. The molecule has 0 aliphatic carbocycles. The molecule has 0 unspecified atom stereocenters. The summed E-state index contributed by atoms with van der Waals surface area (Å²) in [6.45, 7) is 30.9. The summed E-state index contributed by atoms with van der Waals surface area (Å²) in [6, 6.07) is -2.74. The normalized spacial score (nSPS) is 13.0. The van der Waals surface area contributed by atoms with Gasteiger partial charge in [0.1, 0.15) is 17.7 Å². The van der Waals surface area contributed by atoms with Crippen molar-refractivity contribution in [2.24, 2.45) is 33.1 Å². The highest BCUT2D eigenvalue weighted by Crippen LogP contribution is 2.21. The molecule has 0 heterocycles. The molecule has 0 aromatic carbocycles. The minimum absolute atomic E-state index is 0. The first-order valence-electron chi connectivity index (χ1n) is 18.5. The van der Waals surface area contributed by atoms with Crippen molar-refractivity contribution in [1.29, 1.82) is 0 Å². The average molecular weight is 908 g/mol. The summed E-state index contributed by atoms with van der Waals surface area (Å²) in [7, 11) is 1.22. The second-order valence-electron chi connectivity index (χ2n) is 18.5. The number of hydrogen-bond donors (Lipinski definition) is 8. The molecule has 4 atom stereocenters. The van der Waals surface area contributed by atoms with E-state index in [4.69, 9.17) is 26.4 Å². The standard InChI is InChI=1S/C14H26N2O4.C9H18N2O2.C8H15NO3.C6H13NO2.C2H3ClO2.ClH/c1-9(17)16-11(13(2,3)4)10(18)8-15-12(19)20-14(5,6)7;1-6(12)11-8(7(13)5-10)9(2,3)4;1-5(10)9-6(7(11)12)8(2,3)4;1-6(2,3)4(7)5(8)9;1-5-2(3)4;/h11H,8H2,1-7H3,(H,15,19)(H,16,17);8H,5,10H2,1-4H3,(H,11,12);6H,1-4H3,(H,9,10)(H,11,12);4H,7H2,1-3H3,(H,8,9);1H3;1H/t11-;8-;6-;4-;;/m1110../s1. The Bertz CT molecular complexity index is 1390. The topological polar surface area (TPSA) is 313 Å². The predicted molar refractivity (Wildman–Crippen MR) is 233 cm³/mol. The summed E-state index contributed by atoms with van der Waals surface area (Å²) in [6.07, 6.45) is -0.652. The van der Waals surface area contributed by atoms with Crippen LogP contribution in [0.3, 0.4) is 0 Å². The number of alkyl carbamates (subject to hydrolysis) is 1. The Kier molecular flexibility index (Phi) is 33.9. The van der Waals surface area contributed by atoms with E-state index in [1.807, 2.05) is 41.5 Å². The third-order valence-corrected chi connectivity index (χ3v) is 7.05. The number of hydrogen-bond acceptors (Lipinski definition) is 13. The van der Waals surface area contributed by atoms with E-state index in [1.165, 1.54) is 27.9 Å². The van der Waals surface area contributed by atoms with Crippen molar-refractivity contribution in [3.05, 3.63) is 0 Å². The second kappa shape index (κ2) is 30.0. The summed E-state index contributed by atoms with van der Waals surface area (Å²) in [5.41, 5.74) is 7.62. The van der Waals surface area contributed by atoms with Crippen LogP contribution in [0.5, 0.6) is 0 Å². The van der Waals surface area contributed by atoms with Crippen molar-refractivity contribution in [1.82, 2.24) is 21.3 Å². The van der Waals surface area contributed by atoms with Gasteiger partial charge in [-0.15, -0.1) is 12.4 Å². The molecule has 0 rings (SSSR count). The number of carbonyl (C=O) groups excluding carboxylic acids is 7. The number of aliphatic carboxylic acids is 2. The fraction of sp³-hybridized carbons (Fsp3) is 0.769. The van der Waals surface area contributed by atoms with Crippen LogP contribution in [-0.4, -0.2) is 113 Å². The zero-order chi connectivity index (χ0) is 48.7. The van der Waals surface area contributed by atoms with E-state index in [-0.39, 0.29) is 65.6 Å². The number of halogens is 2. The molecule has 0 aromatic heterocycles. The van der Waals surface area contributed by atoms with Crippen molar-refractivity contribution in [2.45, 2.75) is 154 Å². The number of carbonyl (C=O) groups is 9. The van der Waals surface area contributed by atoms with Gasteiger partial charge in [0.05, 0.1) is 32.3 Å². The SMILES string of the molecule is CC(=O)N[C@H](C(=O)CN)C(C)(C)C.CC(=O)N[C@H](C(=O)CNC(=O)OC(C)(C)C)C(C)(C)C.CC(=O)N[C@H](C(=O)O)C(C)(C)C.CC(C)(C)[C@@H](N)C(=O)O.COC(=O)Cl.Cl. The van der Waals surface area contributed by atoms with Crippen molar-refractivity contribution in [2.75, 3.05) is 20.2 Å². The Morgan fingerprint density at radius 3 is 1.05 bits per heavy atom. The van der Waals surface area contributed by atoms with Crippen LogP contribution in [0.15, 0.2) is 0 Å². The number of methoxy groups -OCH3 is 1. The molecule has 0 aromatic rings. The van der Waals surface area contributed by atoms with Crippen LogP contribution in [0.4, 0.5) is 9.59 Å². The molecular formula is C39H76Cl2N6O13.